The fourth-order valence-corrected chi connectivity index (χ4v) is 2.97. The Kier molecular flexibility index (Phi) is 4.25. The molecule has 0 saturated heterocycles. The molecule has 1 aromatic heterocycles. The van der Waals surface area contributed by atoms with Crippen molar-refractivity contribution in [2.75, 3.05) is 5.32 Å². The Bertz CT molecular complexity index is 843. The van der Waals surface area contributed by atoms with Crippen LogP contribution in [0, 0.1) is 5.82 Å². The molecule has 4 nitrogen and oxygen atoms in total. The molecule has 118 valence electrons. The van der Waals surface area contributed by atoms with Crippen molar-refractivity contribution < 1.29 is 13.9 Å². The summed E-state index contributed by atoms with van der Waals surface area (Å²) in [6, 6.07) is 11.6. The zero-order chi connectivity index (χ0) is 16.4. The van der Waals surface area contributed by atoms with E-state index in [4.69, 9.17) is 4.74 Å². The topological polar surface area (TPSA) is 51.2 Å². The monoisotopic (exact) mass is 330 g/mol. The van der Waals surface area contributed by atoms with Crippen molar-refractivity contribution in [2.45, 2.75) is 20.0 Å². The quantitative estimate of drug-likeness (QED) is 0.767. The molecule has 1 heterocycles. The molecule has 6 heteroatoms. The average Bonchev–Trinajstić information content (AvgIpc) is 2.91. The summed E-state index contributed by atoms with van der Waals surface area (Å²) in [4.78, 5) is 16.4. The smallest absolute Gasteiger partial charge is 0.257 e. The first-order valence-electron chi connectivity index (χ1n) is 7.16. The summed E-state index contributed by atoms with van der Waals surface area (Å²) >= 11 is 1.24. The number of ether oxygens (including phenoxy) is 1. The fourth-order valence-electron chi connectivity index (χ4n) is 2.09. The SMILES string of the molecule is CC(C)Oc1ccc(C(=O)Nc2nc3c(F)cccc3s2)cc1. The van der Waals surface area contributed by atoms with Gasteiger partial charge in [-0.15, -0.1) is 0 Å². The molecule has 0 unspecified atom stereocenters. The highest BCUT2D eigenvalue weighted by atomic mass is 32.1. The summed E-state index contributed by atoms with van der Waals surface area (Å²) in [5.74, 6) is 0.0219. The van der Waals surface area contributed by atoms with Gasteiger partial charge in [0.2, 0.25) is 0 Å². The average molecular weight is 330 g/mol. The van der Waals surface area contributed by atoms with Gasteiger partial charge in [0.15, 0.2) is 5.13 Å². The number of para-hydroxylation sites is 1. The Balaban J connectivity index is 1.76. The molecular formula is C17H15FN2O2S. The van der Waals surface area contributed by atoms with Gasteiger partial charge in [-0.05, 0) is 50.2 Å². The predicted molar refractivity (Wildman–Crippen MR) is 89.7 cm³/mol. The third-order valence-electron chi connectivity index (χ3n) is 3.08. The van der Waals surface area contributed by atoms with Gasteiger partial charge in [0.25, 0.3) is 5.91 Å². The molecule has 0 aliphatic rings. The van der Waals surface area contributed by atoms with Crippen molar-refractivity contribution in [1.82, 2.24) is 4.98 Å². The Hall–Kier alpha value is -2.47. The van der Waals surface area contributed by atoms with E-state index in [1.165, 1.54) is 17.4 Å². The van der Waals surface area contributed by atoms with Crippen LogP contribution in [0.15, 0.2) is 42.5 Å². The summed E-state index contributed by atoms with van der Waals surface area (Å²) in [5.41, 5.74) is 0.759. The van der Waals surface area contributed by atoms with Gasteiger partial charge in [0.1, 0.15) is 17.1 Å². The molecule has 3 aromatic rings. The van der Waals surface area contributed by atoms with Crippen molar-refractivity contribution in [3.63, 3.8) is 0 Å². The third kappa shape index (κ3) is 3.48. The van der Waals surface area contributed by atoms with Crippen molar-refractivity contribution in [2.24, 2.45) is 0 Å². The lowest BCUT2D eigenvalue weighted by molar-refractivity contribution is 0.102. The number of amides is 1. The molecule has 0 fully saturated rings. The lowest BCUT2D eigenvalue weighted by Gasteiger charge is -2.09. The summed E-state index contributed by atoms with van der Waals surface area (Å²) in [5, 5.41) is 3.07. The standard InChI is InChI=1S/C17H15FN2O2S/c1-10(2)22-12-8-6-11(7-9-12)16(21)20-17-19-15-13(18)4-3-5-14(15)23-17/h3-10H,1-2H3,(H,19,20,21). The van der Waals surface area contributed by atoms with E-state index in [0.717, 1.165) is 0 Å². The van der Waals surface area contributed by atoms with Gasteiger partial charge in [-0.2, -0.15) is 0 Å². The van der Waals surface area contributed by atoms with E-state index in [1.807, 2.05) is 13.8 Å². The lowest BCUT2D eigenvalue weighted by atomic mass is 10.2. The number of thiazole rings is 1. The molecule has 0 aliphatic carbocycles. The Labute approximate surface area is 136 Å². The van der Waals surface area contributed by atoms with Crippen LogP contribution in [0.25, 0.3) is 10.2 Å². The first kappa shape index (κ1) is 15.4. The maximum atomic E-state index is 13.6. The minimum Gasteiger partial charge on any atom is -0.491 e. The molecule has 0 atom stereocenters. The second-order valence-electron chi connectivity index (χ2n) is 5.25. The minimum absolute atomic E-state index is 0.0762. The molecule has 3 rings (SSSR count). The number of carbonyl (C=O) groups excluding carboxylic acids is 1. The molecule has 23 heavy (non-hydrogen) atoms. The predicted octanol–water partition coefficient (Wildman–Crippen LogP) is 4.47. The number of fused-ring (bicyclic) bond motifs is 1. The van der Waals surface area contributed by atoms with E-state index < -0.39 is 5.82 Å². The third-order valence-corrected chi connectivity index (χ3v) is 4.01. The molecule has 0 bridgehead atoms. The van der Waals surface area contributed by atoms with Crippen molar-refractivity contribution in [3.05, 3.63) is 53.8 Å². The minimum atomic E-state index is -0.394. The maximum Gasteiger partial charge on any atom is 0.257 e. The van der Waals surface area contributed by atoms with Gasteiger partial charge >= 0.3 is 0 Å². The number of hydrogen-bond donors (Lipinski definition) is 1. The second-order valence-corrected chi connectivity index (χ2v) is 6.28. The largest absolute Gasteiger partial charge is 0.491 e. The number of hydrogen-bond acceptors (Lipinski definition) is 4. The van der Waals surface area contributed by atoms with E-state index in [-0.39, 0.29) is 17.5 Å². The van der Waals surface area contributed by atoms with Crippen LogP contribution in [0.2, 0.25) is 0 Å². The van der Waals surface area contributed by atoms with E-state index in [1.54, 1.807) is 36.4 Å². The molecule has 0 radical (unpaired) electrons. The number of anilines is 1. The molecule has 0 aliphatic heterocycles. The number of aromatic nitrogens is 1. The number of nitrogens with zero attached hydrogens (tertiary/aromatic N) is 1. The summed E-state index contributed by atoms with van der Waals surface area (Å²) < 4.78 is 19.9. The highest BCUT2D eigenvalue weighted by Crippen LogP contribution is 2.27. The summed E-state index contributed by atoms with van der Waals surface area (Å²) in [6.45, 7) is 3.87. The fraction of sp³-hybridized carbons (Fsp3) is 0.176. The number of nitrogens with one attached hydrogen (secondary N) is 1. The van der Waals surface area contributed by atoms with Crippen LogP contribution < -0.4 is 10.1 Å². The zero-order valence-corrected chi connectivity index (χ0v) is 13.5. The van der Waals surface area contributed by atoms with Gasteiger partial charge in [0.05, 0.1) is 10.8 Å². The van der Waals surface area contributed by atoms with Gasteiger partial charge < -0.3 is 4.74 Å². The Morgan fingerprint density at radius 1 is 1.22 bits per heavy atom. The van der Waals surface area contributed by atoms with Crippen LogP contribution in [-0.2, 0) is 0 Å². The van der Waals surface area contributed by atoms with Crippen molar-refractivity contribution in [3.8, 4) is 5.75 Å². The number of carbonyl (C=O) groups is 1. The van der Waals surface area contributed by atoms with Crippen molar-refractivity contribution >= 4 is 32.6 Å². The van der Waals surface area contributed by atoms with Gasteiger partial charge in [0, 0.05) is 5.56 Å². The maximum absolute atomic E-state index is 13.6. The number of halogens is 1. The van der Waals surface area contributed by atoms with E-state index in [9.17, 15) is 9.18 Å². The first-order valence-corrected chi connectivity index (χ1v) is 7.97. The van der Waals surface area contributed by atoms with E-state index >= 15 is 0 Å². The molecular weight excluding hydrogens is 315 g/mol. The molecule has 1 amide bonds. The second kappa shape index (κ2) is 6.34. The highest BCUT2D eigenvalue weighted by molar-refractivity contribution is 7.22. The van der Waals surface area contributed by atoms with Crippen LogP contribution in [0.4, 0.5) is 9.52 Å². The molecule has 0 spiro atoms. The van der Waals surface area contributed by atoms with Crippen molar-refractivity contribution in [1.29, 1.82) is 0 Å². The molecule has 1 N–H and O–H groups in total. The number of rotatable bonds is 4. The van der Waals surface area contributed by atoms with E-state index in [0.29, 0.717) is 21.1 Å². The van der Waals surface area contributed by atoms with E-state index in [2.05, 4.69) is 10.3 Å². The Morgan fingerprint density at radius 2 is 1.96 bits per heavy atom. The van der Waals surface area contributed by atoms with Crippen LogP contribution in [0.1, 0.15) is 24.2 Å². The first-order chi connectivity index (χ1) is 11.0. The number of benzene rings is 2. The van der Waals surface area contributed by atoms with Gasteiger partial charge in [-0.3, -0.25) is 10.1 Å². The summed E-state index contributed by atoms with van der Waals surface area (Å²) in [6.07, 6.45) is 0.0762. The molecule has 2 aromatic carbocycles. The van der Waals surface area contributed by atoms with Gasteiger partial charge in [-0.1, -0.05) is 17.4 Å². The lowest BCUT2D eigenvalue weighted by Crippen LogP contribution is -2.12. The zero-order valence-electron chi connectivity index (χ0n) is 12.7. The summed E-state index contributed by atoms with van der Waals surface area (Å²) in [7, 11) is 0. The van der Waals surface area contributed by atoms with Crippen LogP contribution in [0.5, 0.6) is 5.75 Å². The van der Waals surface area contributed by atoms with Crippen LogP contribution in [-0.4, -0.2) is 17.0 Å². The van der Waals surface area contributed by atoms with Crippen LogP contribution >= 0.6 is 11.3 Å². The Morgan fingerprint density at radius 3 is 2.61 bits per heavy atom. The van der Waals surface area contributed by atoms with Crippen LogP contribution in [0.3, 0.4) is 0 Å². The molecule has 0 saturated carbocycles. The highest BCUT2D eigenvalue weighted by Gasteiger charge is 2.12. The normalized spacial score (nSPS) is 11.0. The van der Waals surface area contributed by atoms with Gasteiger partial charge in [-0.25, -0.2) is 9.37 Å².